The van der Waals surface area contributed by atoms with E-state index < -0.39 is 0 Å². The van der Waals surface area contributed by atoms with Crippen LogP contribution in [0.25, 0.3) is 5.69 Å². The van der Waals surface area contributed by atoms with Crippen molar-refractivity contribution in [1.29, 1.82) is 0 Å². The van der Waals surface area contributed by atoms with E-state index in [0.29, 0.717) is 0 Å². The van der Waals surface area contributed by atoms with Gasteiger partial charge in [-0.2, -0.15) is 0 Å². The molecule has 2 aromatic rings. The zero-order valence-electron chi connectivity index (χ0n) is 12.8. The smallest absolute Gasteiger partial charge is 0.110 e. The Morgan fingerprint density at radius 2 is 1.95 bits per heavy atom. The fourth-order valence-electron chi connectivity index (χ4n) is 2.85. The summed E-state index contributed by atoms with van der Waals surface area (Å²) in [7, 11) is 0. The van der Waals surface area contributed by atoms with Gasteiger partial charge < -0.3 is 10.1 Å². The van der Waals surface area contributed by atoms with Crippen LogP contribution in [0.3, 0.4) is 0 Å². The second-order valence-corrected chi connectivity index (χ2v) is 5.99. The van der Waals surface area contributed by atoms with E-state index in [1.807, 2.05) is 19.2 Å². The molecule has 0 amide bonds. The summed E-state index contributed by atoms with van der Waals surface area (Å²) in [5.41, 5.74) is 2.53. The molecule has 1 aliphatic heterocycles. The van der Waals surface area contributed by atoms with Crippen LogP contribution in [0.4, 0.5) is 0 Å². The number of para-hydroxylation sites is 1. The Morgan fingerprint density at radius 3 is 2.67 bits per heavy atom. The predicted octanol–water partition coefficient (Wildman–Crippen LogP) is 2.84. The van der Waals surface area contributed by atoms with Crippen molar-refractivity contribution in [2.45, 2.75) is 38.8 Å². The van der Waals surface area contributed by atoms with Crippen LogP contribution in [0, 0.1) is 6.92 Å². The molecular formula is C17H23N3O. The molecule has 1 saturated heterocycles. The van der Waals surface area contributed by atoms with Gasteiger partial charge in [0, 0.05) is 31.0 Å². The van der Waals surface area contributed by atoms with Gasteiger partial charge >= 0.3 is 0 Å². The molecule has 2 heterocycles. The van der Waals surface area contributed by atoms with Gasteiger partial charge in [-0.15, -0.1) is 0 Å². The fraction of sp³-hybridized carbons (Fsp3) is 0.471. The zero-order valence-corrected chi connectivity index (χ0v) is 12.8. The number of benzene rings is 1. The molecule has 1 aliphatic rings. The lowest BCUT2D eigenvalue weighted by Crippen LogP contribution is -2.46. The minimum atomic E-state index is 0.165. The number of ether oxygens (including phenoxy) is 1. The van der Waals surface area contributed by atoms with Crippen LogP contribution in [0.5, 0.6) is 0 Å². The molecule has 3 rings (SSSR count). The predicted molar refractivity (Wildman–Crippen MR) is 83.6 cm³/mol. The minimum Gasteiger partial charge on any atom is -0.381 e. The lowest BCUT2D eigenvalue weighted by molar-refractivity contribution is 0.0444. The molecule has 112 valence electrons. The highest BCUT2D eigenvalue weighted by atomic mass is 16.5. The van der Waals surface area contributed by atoms with E-state index in [1.165, 1.54) is 11.4 Å². The number of hydrogen-bond donors (Lipinski definition) is 1. The third kappa shape index (κ3) is 3.17. The first-order valence-corrected chi connectivity index (χ1v) is 7.59. The van der Waals surface area contributed by atoms with Crippen LogP contribution in [0.1, 0.15) is 31.3 Å². The lowest BCUT2D eigenvalue weighted by Gasteiger charge is -2.34. The normalized spacial score (nSPS) is 17.8. The summed E-state index contributed by atoms with van der Waals surface area (Å²) in [4.78, 5) is 4.48. The number of aromatic nitrogens is 2. The number of nitrogens with one attached hydrogen (secondary N) is 1. The molecule has 1 aromatic heterocycles. The first kappa shape index (κ1) is 14.3. The van der Waals surface area contributed by atoms with Crippen molar-refractivity contribution in [1.82, 2.24) is 14.9 Å². The Labute approximate surface area is 126 Å². The molecule has 1 fully saturated rings. The third-order valence-corrected chi connectivity index (χ3v) is 4.32. The molecule has 0 spiro atoms. The maximum atomic E-state index is 5.46. The summed E-state index contributed by atoms with van der Waals surface area (Å²) in [6.07, 6.45) is 4.09. The van der Waals surface area contributed by atoms with Crippen LogP contribution >= 0.6 is 0 Å². The van der Waals surface area contributed by atoms with Crippen molar-refractivity contribution in [3.63, 3.8) is 0 Å². The minimum absolute atomic E-state index is 0.165. The van der Waals surface area contributed by atoms with Crippen molar-refractivity contribution < 1.29 is 4.74 Å². The Bertz CT molecular complexity index is 585. The molecule has 21 heavy (non-hydrogen) atoms. The van der Waals surface area contributed by atoms with Crippen molar-refractivity contribution in [3.8, 4) is 5.69 Å². The second kappa shape index (κ2) is 6.00. The van der Waals surface area contributed by atoms with E-state index in [2.05, 4.69) is 46.1 Å². The summed E-state index contributed by atoms with van der Waals surface area (Å²) in [6, 6.07) is 10.4. The van der Waals surface area contributed by atoms with Gasteiger partial charge in [-0.1, -0.05) is 18.2 Å². The number of hydrogen-bond acceptors (Lipinski definition) is 3. The number of aryl methyl sites for hydroxylation is 1. The Balaban J connectivity index is 1.77. The largest absolute Gasteiger partial charge is 0.381 e. The maximum Gasteiger partial charge on any atom is 0.110 e. The Kier molecular flexibility index (Phi) is 4.08. The topological polar surface area (TPSA) is 39.1 Å². The van der Waals surface area contributed by atoms with Crippen molar-refractivity contribution in [2.75, 3.05) is 13.2 Å². The molecule has 0 bridgehead atoms. The first-order valence-electron chi connectivity index (χ1n) is 7.59. The summed E-state index contributed by atoms with van der Waals surface area (Å²) in [5, 5.41) is 3.70. The van der Waals surface area contributed by atoms with Gasteiger partial charge in [0.15, 0.2) is 0 Å². The quantitative estimate of drug-likeness (QED) is 0.939. The molecule has 0 unspecified atom stereocenters. The van der Waals surface area contributed by atoms with Crippen LogP contribution < -0.4 is 5.32 Å². The van der Waals surface area contributed by atoms with Gasteiger partial charge in [-0.3, -0.25) is 4.57 Å². The molecule has 4 nitrogen and oxygen atoms in total. The summed E-state index contributed by atoms with van der Waals surface area (Å²) in [5.74, 6) is 1.02. The highest BCUT2D eigenvalue weighted by Crippen LogP contribution is 2.21. The van der Waals surface area contributed by atoms with E-state index in [0.717, 1.165) is 38.4 Å². The van der Waals surface area contributed by atoms with Crippen molar-refractivity contribution >= 4 is 0 Å². The van der Waals surface area contributed by atoms with E-state index in [-0.39, 0.29) is 5.54 Å². The van der Waals surface area contributed by atoms with Crippen LogP contribution in [0.15, 0.2) is 36.5 Å². The maximum absolute atomic E-state index is 5.46. The zero-order chi connectivity index (χ0) is 14.7. The molecule has 4 heteroatoms. The van der Waals surface area contributed by atoms with E-state index in [1.54, 1.807) is 0 Å². The third-order valence-electron chi connectivity index (χ3n) is 4.32. The molecule has 1 aromatic carbocycles. The average Bonchev–Trinajstić information content (AvgIpc) is 2.88. The number of nitrogens with zero attached hydrogens (tertiary/aromatic N) is 2. The molecule has 0 saturated carbocycles. The van der Waals surface area contributed by atoms with Crippen LogP contribution in [-0.2, 0) is 11.3 Å². The van der Waals surface area contributed by atoms with Gasteiger partial charge in [0.25, 0.3) is 0 Å². The van der Waals surface area contributed by atoms with E-state index in [4.69, 9.17) is 4.74 Å². The van der Waals surface area contributed by atoms with E-state index >= 15 is 0 Å². The van der Waals surface area contributed by atoms with E-state index in [9.17, 15) is 0 Å². The monoisotopic (exact) mass is 285 g/mol. The molecule has 1 N–H and O–H groups in total. The number of imidazole rings is 1. The fourth-order valence-corrected chi connectivity index (χ4v) is 2.85. The highest BCUT2D eigenvalue weighted by molar-refractivity contribution is 5.35. The first-order chi connectivity index (χ1) is 10.2. The van der Waals surface area contributed by atoms with Gasteiger partial charge in [-0.05, 0) is 38.8 Å². The molecule has 0 atom stereocenters. The lowest BCUT2D eigenvalue weighted by atomic mass is 9.92. The highest BCUT2D eigenvalue weighted by Gasteiger charge is 2.26. The molecule has 0 radical (unpaired) electrons. The van der Waals surface area contributed by atoms with Crippen LogP contribution in [0.2, 0.25) is 0 Å². The van der Waals surface area contributed by atoms with Gasteiger partial charge in [0.05, 0.1) is 11.9 Å². The second-order valence-electron chi connectivity index (χ2n) is 5.99. The SMILES string of the molecule is Cc1ncc(CNC2(C)CCOCC2)n1-c1ccccc1. The average molecular weight is 285 g/mol. The van der Waals surface area contributed by atoms with Gasteiger partial charge in [0.1, 0.15) is 5.82 Å². The summed E-state index contributed by atoms with van der Waals surface area (Å²) >= 11 is 0. The molecular weight excluding hydrogens is 262 g/mol. The Morgan fingerprint density at radius 1 is 1.24 bits per heavy atom. The standard InChI is InChI=1S/C17H23N3O/c1-14-18-12-16(20(14)15-6-4-3-5-7-15)13-19-17(2)8-10-21-11-9-17/h3-7,12,19H,8-11,13H2,1-2H3. The van der Waals surface area contributed by atoms with Crippen molar-refractivity contribution in [2.24, 2.45) is 0 Å². The van der Waals surface area contributed by atoms with Crippen molar-refractivity contribution in [3.05, 3.63) is 48.0 Å². The molecule has 0 aliphatic carbocycles. The van der Waals surface area contributed by atoms with Gasteiger partial charge in [-0.25, -0.2) is 4.98 Å². The van der Waals surface area contributed by atoms with Gasteiger partial charge in [0.2, 0.25) is 0 Å². The Hall–Kier alpha value is -1.65. The van der Waals surface area contributed by atoms with Crippen LogP contribution in [-0.4, -0.2) is 28.3 Å². The summed E-state index contributed by atoms with van der Waals surface area (Å²) in [6.45, 7) is 6.85. The number of rotatable bonds is 4. The summed E-state index contributed by atoms with van der Waals surface area (Å²) < 4.78 is 7.67.